The summed E-state index contributed by atoms with van der Waals surface area (Å²) in [6.07, 6.45) is 6.52. The van der Waals surface area contributed by atoms with Crippen molar-refractivity contribution >= 4 is 21.7 Å². The minimum absolute atomic E-state index is 0.113. The lowest BCUT2D eigenvalue weighted by Gasteiger charge is -2.16. The van der Waals surface area contributed by atoms with Crippen LogP contribution in [0, 0.1) is 0 Å². The molecule has 9 heteroatoms. The highest BCUT2D eigenvalue weighted by atomic mass is 32.2. The third-order valence-electron chi connectivity index (χ3n) is 5.13. The molecule has 0 fully saturated rings. The zero-order chi connectivity index (χ0) is 19.2. The van der Waals surface area contributed by atoms with Crippen molar-refractivity contribution in [3.63, 3.8) is 0 Å². The second-order valence-electron chi connectivity index (χ2n) is 7.97. The number of aromatic amines is 1. The number of aryl methyl sites for hydroxylation is 2. The predicted molar refractivity (Wildman–Crippen MR) is 102 cm³/mol. The summed E-state index contributed by atoms with van der Waals surface area (Å²) in [4.78, 5) is 2.76. The average Bonchev–Trinajstić information content (AvgIpc) is 3.32. The summed E-state index contributed by atoms with van der Waals surface area (Å²) >= 11 is 0. The van der Waals surface area contributed by atoms with Gasteiger partial charge in [0.25, 0.3) is 15.2 Å². The van der Waals surface area contributed by atoms with Gasteiger partial charge in [-0.1, -0.05) is 6.07 Å². The largest absolute Gasteiger partial charge is 0.389 e. The van der Waals surface area contributed by atoms with Crippen molar-refractivity contribution in [1.29, 1.82) is 0 Å². The molecule has 0 saturated carbocycles. The van der Waals surface area contributed by atoms with Crippen LogP contribution >= 0.6 is 0 Å². The van der Waals surface area contributed by atoms with E-state index < -0.39 is 15.6 Å². The summed E-state index contributed by atoms with van der Waals surface area (Å²) in [7, 11) is -3.87. The SMILES string of the molecule is CC(C)(O)CNS(=O)(=O)c1nnc(Nc2c3c(cc4c2CCC4)CCC3)[nH]1. The van der Waals surface area contributed by atoms with Gasteiger partial charge in [-0.2, -0.15) is 0 Å². The topological polar surface area (TPSA) is 120 Å². The average molecular weight is 391 g/mol. The third kappa shape index (κ3) is 3.71. The Morgan fingerprint density at radius 1 is 1.11 bits per heavy atom. The van der Waals surface area contributed by atoms with Gasteiger partial charge in [0.05, 0.1) is 5.60 Å². The Kier molecular flexibility index (Phi) is 4.48. The maximum absolute atomic E-state index is 12.3. The first-order valence-electron chi connectivity index (χ1n) is 9.31. The fourth-order valence-electron chi connectivity index (χ4n) is 3.85. The lowest BCUT2D eigenvalue weighted by molar-refractivity contribution is 0.0857. The minimum atomic E-state index is -3.87. The van der Waals surface area contributed by atoms with Gasteiger partial charge in [0, 0.05) is 12.2 Å². The summed E-state index contributed by atoms with van der Waals surface area (Å²) in [5.41, 5.74) is 5.32. The van der Waals surface area contributed by atoms with Gasteiger partial charge in [0.15, 0.2) is 0 Å². The molecule has 1 heterocycles. The van der Waals surface area contributed by atoms with Crippen LogP contribution in [0.2, 0.25) is 0 Å². The Morgan fingerprint density at radius 2 is 1.74 bits per heavy atom. The number of aromatic nitrogens is 3. The number of aliphatic hydroxyl groups is 1. The lowest BCUT2D eigenvalue weighted by atomic mass is 9.99. The molecule has 2 aromatic rings. The van der Waals surface area contributed by atoms with Gasteiger partial charge >= 0.3 is 0 Å². The van der Waals surface area contributed by atoms with Crippen molar-refractivity contribution in [3.05, 3.63) is 28.3 Å². The van der Waals surface area contributed by atoms with E-state index in [0.717, 1.165) is 44.2 Å². The van der Waals surface area contributed by atoms with Gasteiger partial charge in [0.1, 0.15) is 0 Å². The molecule has 1 aromatic heterocycles. The number of hydrogen-bond donors (Lipinski definition) is 4. The highest BCUT2D eigenvalue weighted by molar-refractivity contribution is 7.89. The highest BCUT2D eigenvalue weighted by Gasteiger charge is 2.26. The molecular formula is C18H25N5O3S. The summed E-state index contributed by atoms with van der Waals surface area (Å²) in [6.45, 7) is 2.94. The molecule has 146 valence electrons. The van der Waals surface area contributed by atoms with E-state index in [1.165, 1.54) is 36.1 Å². The molecule has 0 aliphatic heterocycles. The van der Waals surface area contributed by atoms with Crippen molar-refractivity contribution in [2.45, 2.75) is 63.1 Å². The Bertz CT molecular complexity index is 943. The van der Waals surface area contributed by atoms with E-state index in [1.807, 2.05) is 0 Å². The van der Waals surface area contributed by atoms with Crippen LogP contribution in [0.5, 0.6) is 0 Å². The number of H-pyrrole nitrogens is 1. The standard InChI is InChI=1S/C18H25N5O3S/c1-18(2,24)10-19-27(25,26)17-21-16(22-23-17)20-15-13-7-3-5-11(13)9-12-6-4-8-14(12)15/h9,19,24H,3-8,10H2,1-2H3,(H2,20,21,22,23). The quantitative estimate of drug-likeness (QED) is 0.593. The Hall–Kier alpha value is -1.97. The Morgan fingerprint density at radius 3 is 2.33 bits per heavy atom. The van der Waals surface area contributed by atoms with Gasteiger partial charge in [-0.05, 0) is 74.6 Å². The Labute approximate surface area is 158 Å². The van der Waals surface area contributed by atoms with Crippen molar-refractivity contribution in [3.8, 4) is 0 Å². The molecule has 0 atom stereocenters. The zero-order valence-corrected chi connectivity index (χ0v) is 16.4. The van der Waals surface area contributed by atoms with Crippen LogP contribution in [-0.4, -0.2) is 40.9 Å². The van der Waals surface area contributed by atoms with Gasteiger partial charge in [-0.25, -0.2) is 13.1 Å². The number of benzene rings is 1. The minimum Gasteiger partial charge on any atom is -0.389 e. The van der Waals surface area contributed by atoms with Crippen molar-refractivity contribution in [2.75, 3.05) is 11.9 Å². The molecule has 0 saturated heterocycles. The monoisotopic (exact) mass is 391 g/mol. The number of fused-ring (bicyclic) bond motifs is 2. The first kappa shape index (κ1) is 18.4. The van der Waals surface area contributed by atoms with Crippen LogP contribution in [0.1, 0.15) is 48.9 Å². The van der Waals surface area contributed by atoms with E-state index in [-0.39, 0.29) is 11.7 Å². The van der Waals surface area contributed by atoms with Gasteiger partial charge in [0.2, 0.25) is 5.95 Å². The van der Waals surface area contributed by atoms with E-state index in [9.17, 15) is 13.5 Å². The zero-order valence-electron chi connectivity index (χ0n) is 15.6. The number of sulfonamides is 1. The van der Waals surface area contributed by atoms with E-state index in [2.05, 4.69) is 31.3 Å². The first-order chi connectivity index (χ1) is 12.7. The van der Waals surface area contributed by atoms with Crippen molar-refractivity contribution in [1.82, 2.24) is 19.9 Å². The molecule has 8 nitrogen and oxygen atoms in total. The van der Waals surface area contributed by atoms with E-state index in [0.29, 0.717) is 5.95 Å². The number of anilines is 2. The number of nitrogens with zero attached hydrogens (tertiary/aromatic N) is 2. The second-order valence-corrected chi connectivity index (χ2v) is 9.66. The van der Waals surface area contributed by atoms with Gasteiger partial charge < -0.3 is 10.4 Å². The van der Waals surface area contributed by atoms with Crippen molar-refractivity contribution in [2.24, 2.45) is 0 Å². The lowest BCUT2D eigenvalue weighted by Crippen LogP contribution is -2.38. The smallest absolute Gasteiger partial charge is 0.276 e. The number of hydrogen-bond acceptors (Lipinski definition) is 6. The normalized spacial score (nSPS) is 16.4. The summed E-state index contributed by atoms with van der Waals surface area (Å²) < 4.78 is 27.0. The first-order valence-corrected chi connectivity index (χ1v) is 10.8. The van der Waals surface area contributed by atoms with Gasteiger partial charge in [-0.15, -0.1) is 10.2 Å². The molecule has 2 aliphatic rings. The summed E-state index contributed by atoms with van der Waals surface area (Å²) in [5.74, 6) is 0.313. The Balaban J connectivity index is 1.59. The van der Waals surface area contributed by atoms with Crippen LogP contribution in [0.4, 0.5) is 11.6 Å². The molecule has 0 radical (unpaired) electrons. The molecule has 0 unspecified atom stereocenters. The molecule has 0 bridgehead atoms. The van der Waals surface area contributed by atoms with Crippen molar-refractivity contribution < 1.29 is 13.5 Å². The summed E-state index contributed by atoms with van der Waals surface area (Å²) in [5, 5.41) is 20.5. The second kappa shape index (κ2) is 6.57. The van der Waals surface area contributed by atoms with Gasteiger partial charge in [-0.3, -0.25) is 4.98 Å². The molecule has 0 spiro atoms. The highest BCUT2D eigenvalue weighted by Crippen LogP contribution is 2.39. The van der Waals surface area contributed by atoms with Crippen LogP contribution in [0.15, 0.2) is 11.2 Å². The molecule has 4 rings (SSSR count). The fraction of sp³-hybridized carbons (Fsp3) is 0.556. The molecular weight excluding hydrogens is 366 g/mol. The maximum atomic E-state index is 12.3. The molecule has 4 N–H and O–H groups in total. The van der Waals surface area contributed by atoms with E-state index in [1.54, 1.807) is 0 Å². The number of nitrogens with one attached hydrogen (secondary N) is 3. The van der Waals surface area contributed by atoms with Crippen LogP contribution < -0.4 is 10.0 Å². The van der Waals surface area contributed by atoms with Crippen LogP contribution in [0.25, 0.3) is 0 Å². The maximum Gasteiger partial charge on any atom is 0.276 e. The fourth-order valence-corrected chi connectivity index (χ4v) is 4.91. The molecule has 2 aliphatic carbocycles. The third-order valence-corrected chi connectivity index (χ3v) is 6.35. The molecule has 27 heavy (non-hydrogen) atoms. The predicted octanol–water partition coefficient (Wildman–Crippen LogP) is 1.57. The summed E-state index contributed by atoms with van der Waals surface area (Å²) in [6, 6.07) is 2.34. The van der Waals surface area contributed by atoms with Crippen LogP contribution in [-0.2, 0) is 35.7 Å². The molecule has 0 amide bonds. The van der Waals surface area contributed by atoms with Crippen LogP contribution in [0.3, 0.4) is 0 Å². The molecule has 1 aromatic carbocycles. The van der Waals surface area contributed by atoms with E-state index in [4.69, 9.17) is 0 Å². The van der Waals surface area contributed by atoms with E-state index >= 15 is 0 Å². The number of rotatable bonds is 6.